The van der Waals surface area contributed by atoms with Gasteiger partial charge in [-0.25, -0.2) is 0 Å². The predicted octanol–water partition coefficient (Wildman–Crippen LogP) is 2.70. The molecule has 1 unspecified atom stereocenters. The average molecular weight is 225 g/mol. The van der Waals surface area contributed by atoms with Crippen LogP contribution in [0.25, 0.3) is 0 Å². The molecule has 1 aliphatic rings. The van der Waals surface area contributed by atoms with Crippen molar-refractivity contribution < 1.29 is 5.11 Å². The molecule has 0 spiro atoms. The van der Waals surface area contributed by atoms with Crippen LogP contribution in [-0.4, -0.2) is 17.8 Å². The van der Waals surface area contributed by atoms with Crippen molar-refractivity contribution in [1.82, 2.24) is 5.32 Å². The molecule has 1 aromatic heterocycles. The lowest BCUT2D eigenvalue weighted by Crippen LogP contribution is -2.35. The Morgan fingerprint density at radius 1 is 1.40 bits per heavy atom. The highest BCUT2D eigenvalue weighted by Crippen LogP contribution is 2.22. The van der Waals surface area contributed by atoms with Crippen molar-refractivity contribution in [3.8, 4) is 0 Å². The Labute approximate surface area is 95.3 Å². The minimum atomic E-state index is 0.138. The summed E-state index contributed by atoms with van der Waals surface area (Å²) >= 11 is 1.69. The van der Waals surface area contributed by atoms with Gasteiger partial charge < -0.3 is 10.4 Å². The van der Waals surface area contributed by atoms with Gasteiger partial charge in [-0.3, -0.25) is 0 Å². The Kier molecular flexibility index (Phi) is 4.18. The molecule has 1 saturated carbocycles. The van der Waals surface area contributed by atoms with E-state index in [1.165, 1.54) is 37.7 Å². The van der Waals surface area contributed by atoms with Crippen LogP contribution in [0.15, 0.2) is 16.8 Å². The third-order valence-electron chi connectivity index (χ3n) is 3.17. The first-order valence-electron chi connectivity index (χ1n) is 5.79. The largest absolute Gasteiger partial charge is 0.394 e. The maximum Gasteiger partial charge on any atom is 0.0626 e. The van der Waals surface area contributed by atoms with E-state index >= 15 is 0 Å². The molecule has 0 radical (unpaired) electrons. The van der Waals surface area contributed by atoms with E-state index in [0.29, 0.717) is 6.04 Å². The van der Waals surface area contributed by atoms with Crippen LogP contribution < -0.4 is 5.32 Å². The van der Waals surface area contributed by atoms with E-state index in [0.717, 1.165) is 0 Å². The standard InChI is InChI=1S/C12H19NOS/c14-8-12(10-6-7-15-9-10)13-11-4-2-1-3-5-11/h6-7,9,11-14H,1-5,8H2. The van der Waals surface area contributed by atoms with Crippen molar-refractivity contribution in [2.24, 2.45) is 0 Å². The molecule has 1 heterocycles. The molecule has 1 atom stereocenters. The first-order chi connectivity index (χ1) is 7.40. The molecule has 2 N–H and O–H groups in total. The second kappa shape index (κ2) is 5.64. The van der Waals surface area contributed by atoms with Gasteiger partial charge in [-0.1, -0.05) is 19.3 Å². The fourth-order valence-corrected chi connectivity index (χ4v) is 3.00. The number of hydrogen-bond donors (Lipinski definition) is 2. The van der Waals surface area contributed by atoms with Gasteiger partial charge in [-0.15, -0.1) is 0 Å². The van der Waals surface area contributed by atoms with E-state index in [1.807, 2.05) is 0 Å². The molecule has 2 nitrogen and oxygen atoms in total. The number of hydrogen-bond acceptors (Lipinski definition) is 3. The molecule has 0 bridgehead atoms. The lowest BCUT2D eigenvalue weighted by atomic mass is 9.94. The zero-order valence-electron chi connectivity index (χ0n) is 8.98. The SMILES string of the molecule is OCC(NC1CCCCC1)c1ccsc1. The molecule has 1 aliphatic carbocycles. The molecule has 15 heavy (non-hydrogen) atoms. The zero-order chi connectivity index (χ0) is 10.5. The topological polar surface area (TPSA) is 32.3 Å². The molecule has 0 aliphatic heterocycles. The number of nitrogens with one attached hydrogen (secondary N) is 1. The Hall–Kier alpha value is -0.380. The van der Waals surface area contributed by atoms with Crippen molar-refractivity contribution in [2.75, 3.05) is 6.61 Å². The highest BCUT2D eigenvalue weighted by Gasteiger charge is 2.18. The molecule has 84 valence electrons. The maximum absolute atomic E-state index is 9.37. The molecule has 3 heteroatoms. The Balaban J connectivity index is 1.90. The van der Waals surface area contributed by atoms with Gasteiger partial charge in [0.2, 0.25) is 0 Å². The first-order valence-corrected chi connectivity index (χ1v) is 6.73. The molecular formula is C12H19NOS. The lowest BCUT2D eigenvalue weighted by molar-refractivity contribution is 0.220. The van der Waals surface area contributed by atoms with E-state index in [-0.39, 0.29) is 12.6 Å². The van der Waals surface area contributed by atoms with Crippen LogP contribution >= 0.6 is 11.3 Å². The van der Waals surface area contributed by atoms with E-state index in [1.54, 1.807) is 11.3 Å². The Morgan fingerprint density at radius 2 is 2.20 bits per heavy atom. The van der Waals surface area contributed by atoms with Gasteiger partial charge in [0, 0.05) is 6.04 Å². The zero-order valence-corrected chi connectivity index (χ0v) is 9.80. The second-order valence-electron chi connectivity index (χ2n) is 4.29. The molecule has 2 rings (SSSR count). The molecule has 0 amide bonds. The Bertz CT molecular complexity index is 267. The third kappa shape index (κ3) is 3.03. The minimum absolute atomic E-state index is 0.138. The van der Waals surface area contributed by atoms with Gasteiger partial charge in [0.25, 0.3) is 0 Å². The average Bonchev–Trinajstić information content (AvgIpc) is 2.81. The summed E-state index contributed by atoms with van der Waals surface area (Å²) < 4.78 is 0. The molecular weight excluding hydrogens is 206 g/mol. The molecule has 0 saturated heterocycles. The number of aliphatic hydroxyl groups is 1. The van der Waals surface area contributed by atoms with Crippen LogP contribution in [0, 0.1) is 0 Å². The van der Waals surface area contributed by atoms with Crippen LogP contribution in [0.2, 0.25) is 0 Å². The summed E-state index contributed by atoms with van der Waals surface area (Å²) in [6, 6.07) is 2.84. The summed E-state index contributed by atoms with van der Waals surface area (Å²) in [6.45, 7) is 0.202. The normalized spacial score (nSPS) is 20.3. The Morgan fingerprint density at radius 3 is 2.80 bits per heavy atom. The molecule has 1 aromatic rings. The number of thiophene rings is 1. The number of aliphatic hydroxyl groups excluding tert-OH is 1. The van der Waals surface area contributed by atoms with Gasteiger partial charge in [-0.2, -0.15) is 11.3 Å². The van der Waals surface area contributed by atoms with Gasteiger partial charge >= 0.3 is 0 Å². The van der Waals surface area contributed by atoms with E-state index in [2.05, 4.69) is 22.1 Å². The van der Waals surface area contributed by atoms with E-state index in [9.17, 15) is 5.11 Å². The van der Waals surface area contributed by atoms with Gasteiger partial charge in [0.1, 0.15) is 0 Å². The van der Waals surface area contributed by atoms with Crippen molar-refractivity contribution in [1.29, 1.82) is 0 Å². The number of rotatable bonds is 4. The summed E-state index contributed by atoms with van der Waals surface area (Å²) in [6.07, 6.45) is 6.57. The van der Waals surface area contributed by atoms with E-state index < -0.39 is 0 Å². The highest BCUT2D eigenvalue weighted by molar-refractivity contribution is 7.07. The lowest BCUT2D eigenvalue weighted by Gasteiger charge is -2.27. The van der Waals surface area contributed by atoms with E-state index in [4.69, 9.17) is 0 Å². The van der Waals surface area contributed by atoms with Crippen LogP contribution in [0.1, 0.15) is 43.7 Å². The van der Waals surface area contributed by atoms with Crippen molar-refractivity contribution in [2.45, 2.75) is 44.2 Å². The fourth-order valence-electron chi connectivity index (χ4n) is 2.28. The monoisotopic (exact) mass is 225 g/mol. The minimum Gasteiger partial charge on any atom is -0.394 e. The van der Waals surface area contributed by atoms with Crippen LogP contribution in [0.3, 0.4) is 0 Å². The van der Waals surface area contributed by atoms with Crippen LogP contribution in [-0.2, 0) is 0 Å². The summed E-state index contributed by atoms with van der Waals surface area (Å²) in [5, 5.41) is 17.1. The van der Waals surface area contributed by atoms with Gasteiger partial charge in [0.15, 0.2) is 0 Å². The summed E-state index contributed by atoms with van der Waals surface area (Å²) in [7, 11) is 0. The van der Waals surface area contributed by atoms with Crippen molar-refractivity contribution >= 4 is 11.3 Å². The second-order valence-corrected chi connectivity index (χ2v) is 5.07. The maximum atomic E-state index is 9.37. The van der Waals surface area contributed by atoms with Crippen molar-refractivity contribution in [3.05, 3.63) is 22.4 Å². The van der Waals surface area contributed by atoms with Crippen LogP contribution in [0.5, 0.6) is 0 Å². The highest BCUT2D eigenvalue weighted by atomic mass is 32.1. The summed E-state index contributed by atoms with van der Waals surface area (Å²) in [4.78, 5) is 0. The molecule has 1 fully saturated rings. The first kappa shape index (κ1) is 11.1. The quantitative estimate of drug-likeness (QED) is 0.826. The summed E-state index contributed by atoms with van der Waals surface area (Å²) in [5.41, 5.74) is 1.23. The third-order valence-corrected chi connectivity index (χ3v) is 3.87. The van der Waals surface area contributed by atoms with Crippen molar-refractivity contribution in [3.63, 3.8) is 0 Å². The summed E-state index contributed by atoms with van der Waals surface area (Å²) in [5.74, 6) is 0. The van der Waals surface area contributed by atoms with Gasteiger partial charge in [-0.05, 0) is 35.2 Å². The smallest absolute Gasteiger partial charge is 0.0626 e. The fraction of sp³-hybridized carbons (Fsp3) is 0.667. The molecule has 0 aromatic carbocycles. The van der Waals surface area contributed by atoms with Gasteiger partial charge in [0.05, 0.1) is 12.6 Å². The predicted molar refractivity (Wildman–Crippen MR) is 64.2 cm³/mol. The van der Waals surface area contributed by atoms with Crippen LogP contribution in [0.4, 0.5) is 0 Å².